The van der Waals surface area contributed by atoms with Gasteiger partial charge in [0.05, 0.1) is 4.91 Å². The number of Topliss-reactive ketones (excluding diaryl/α,β-unsaturated/α-hetero) is 1. The van der Waals surface area contributed by atoms with E-state index >= 15 is 0 Å². The minimum atomic E-state index is -0.0628. The summed E-state index contributed by atoms with van der Waals surface area (Å²) in [6, 6.07) is 14.9. The number of nitrogens with one attached hydrogen (secondary N) is 1. The first kappa shape index (κ1) is 23.9. The van der Waals surface area contributed by atoms with Crippen molar-refractivity contribution in [2.24, 2.45) is 0 Å². The van der Waals surface area contributed by atoms with E-state index in [1.54, 1.807) is 29.2 Å². The normalized spacial score (nSPS) is 14.8. The maximum atomic E-state index is 12.7. The van der Waals surface area contributed by atoms with Gasteiger partial charge in [-0.1, -0.05) is 60.2 Å². The number of ketones is 1. The smallest absolute Gasteiger partial charge is 0.266 e. The summed E-state index contributed by atoms with van der Waals surface area (Å²) in [5.41, 5.74) is 3.46. The fraction of sp³-hybridized carbons (Fsp3) is 0.280. The number of hydrogen-bond donors (Lipinski definition) is 1. The number of anilines is 1. The van der Waals surface area contributed by atoms with Crippen LogP contribution in [0, 0.1) is 6.92 Å². The number of thioether (sulfide) groups is 1. The lowest BCUT2D eigenvalue weighted by atomic mass is 10.1. The average Bonchev–Trinajstić information content (AvgIpc) is 3.02. The molecule has 1 N–H and O–H groups in total. The van der Waals surface area contributed by atoms with Crippen LogP contribution < -0.4 is 5.32 Å². The van der Waals surface area contributed by atoms with E-state index in [1.165, 1.54) is 24.2 Å². The van der Waals surface area contributed by atoms with Crippen molar-refractivity contribution in [3.8, 4) is 0 Å². The van der Waals surface area contributed by atoms with Gasteiger partial charge in [0, 0.05) is 24.2 Å². The molecule has 0 aromatic heterocycles. The van der Waals surface area contributed by atoms with E-state index < -0.39 is 0 Å². The Labute approximate surface area is 198 Å². The van der Waals surface area contributed by atoms with Crippen LogP contribution in [0.5, 0.6) is 0 Å². The molecule has 0 atom stereocenters. The quantitative estimate of drug-likeness (QED) is 0.226. The first-order valence-corrected chi connectivity index (χ1v) is 11.8. The summed E-state index contributed by atoms with van der Waals surface area (Å²) in [4.78, 5) is 38.4. The molecule has 2 aromatic carbocycles. The van der Waals surface area contributed by atoms with Crippen molar-refractivity contribution in [3.05, 3.63) is 70.1 Å². The van der Waals surface area contributed by atoms with Crippen molar-refractivity contribution >= 4 is 57.7 Å². The van der Waals surface area contributed by atoms with E-state index in [-0.39, 0.29) is 17.6 Å². The minimum Gasteiger partial charge on any atom is -0.326 e. The number of amides is 2. The van der Waals surface area contributed by atoms with Crippen LogP contribution >= 0.6 is 24.0 Å². The summed E-state index contributed by atoms with van der Waals surface area (Å²) in [5, 5.41) is 2.84. The molecular formula is C25H26N2O3S2. The molecule has 1 saturated heterocycles. The topological polar surface area (TPSA) is 66.5 Å². The average molecular weight is 467 g/mol. The molecule has 1 heterocycles. The van der Waals surface area contributed by atoms with Crippen molar-refractivity contribution < 1.29 is 14.4 Å². The van der Waals surface area contributed by atoms with Crippen molar-refractivity contribution in [2.45, 2.75) is 39.5 Å². The lowest BCUT2D eigenvalue weighted by Crippen LogP contribution is -2.29. The number of carbonyl (C=O) groups excluding carboxylic acids is 3. The number of thiocarbonyl (C=S) groups is 1. The summed E-state index contributed by atoms with van der Waals surface area (Å²) in [6.45, 7) is 4.10. The zero-order chi connectivity index (χ0) is 23.1. The number of benzene rings is 2. The highest BCUT2D eigenvalue weighted by molar-refractivity contribution is 8.26. The molecule has 166 valence electrons. The number of unbranched alkanes of at least 4 members (excludes halogenated alkanes) is 2. The van der Waals surface area contributed by atoms with Gasteiger partial charge in [0.15, 0.2) is 5.78 Å². The van der Waals surface area contributed by atoms with Gasteiger partial charge in [-0.15, -0.1) is 0 Å². The number of rotatable bonds is 9. The molecule has 2 aromatic rings. The molecule has 3 rings (SSSR count). The van der Waals surface area contributed by atoms with E-state index in [1.807, 2.05) is 37.3 Å². The lowest BCUT2D eigenvalue weighted by Gasteiger charge is -2.14. The van der Waals surface area contributed by atoms with E-state index in [0.717, 1.165) is 24.8 Å². The van der Waals surface area contributed by atoms with Crippen LogP contribution in [0.25, 0.3) is 6.08 Å². The third kappa shape index (κ3) is 6.61. The third-order valence-corrected chi connectivity index (χ3v) is 6.49. The maximum Gasteiger partial charge on any atom is 0.266 e. The first-order valence-electron chi connectivity index (χ1n) is 10.6. The highest BCUT2D eigenvalue weighted by Crippen LogP contribution is 2.32. The van der Waals surface area contributed by atoms with Crippen LogP contribution in [0.1, 0.15) is 54.1 Å². The molecule has 7 heteroatoms. The van der Waals surface area contributed by atoms with Gasteiger partial charge in [-0.25, -0.2) is 0 Å². The van der Waals surface area contributed by atoms with Gasteiger partial charge >= 0.3 is 0 Å². The summed E-state index contributed by atoms with van der Waals surface area (Å²) in [5.74, 6) is -0.116. The Kier molecular flexibility index (Phi) is 8.36. The Morgan fingerprint density at radius 3 is 2.38 bits per heavy atom. The van der Waals surface area contributed by atoms with Gasteiger partial charge in [-0.05, 0) is 62.6 Å². The summed E-state index contributed by atoms with van der Waals surface area (Å²) < 4.78 is 0.583. The minimum absolute atomic E-state index is 0.00463. The Morgan fingerprint density at radius 2 is 1.72 bits per heavy atom. The monoisotopic (exact) mass is 466 g/mol. The van der Waals surface area contributed by atoms with E-state index in [4.69, 9.17) is 12.2 Å². The molecule has 0 saturated carbocycles. The number of nitrogens with zero attached hydrogens (tertiary/aromatic N) is 1. The highest BCUT2D eigenvalue weighted by Gasteiger charge is 2.31. The number of carbonyl (C=O) groups is 3. The molecule has 0 bridgehead atoms. The van der Waals surface area contributed by atoms with Crippen molar-refractivity contribution in [1.82, 2.24) is 4.90 Å². The van der Waals surface area contributed by atoms with Crippen LogP contribution in [-0.2, 0) is 9.59 Å². The fourth-order valence-electron chi connectivity index (χ4n) is 3.25. The molecule has 1 aliphatic rings. The molecule has 0 radical (unpaired) electrons. The zero-order valence-electron chi connectivity index (χ0n) is 18.2. The maximum absolute atomic E-state index is 12.7. The van der Waals surface area contributed by atoms with Gasteiger partial charge in [0.2, 0.25) is 5.91 Å². The summed E-state index contributed by atoms with van der Waals surface area (Å²) >= 11 is 6.73. The zero-order valence-corrected chi connectivity index (χ0v) is 19.9. The molecule has 0 aliphatic carbocycles. The summed E-state index contributed by atoms with van der Waals surface area (Å²) in [7, 11) is 0. The molecule has 1 aliphatic heterocycles. The van der Waals surface area contributed by atoms with Gasteiger partial charge in [-0.3, -0.25) is 19.3 Å². The largest absolute Gasteiger partial charge is 0.326 e. The second-order valence-electron chi connectivity index (χ2n) is 7.74. The Morgan fingerprint density at radius 1 is 1.03 bits per heavy atom. The summed E-state index contributed by atoms with van der Waals surface area (Å²) in [6.07, 6.45) is 4.62. The lowest BCUT2D eigenvalue weighted by molar-refractivity contribution is -0.122. The fourth-order valence-corrected chi connectivity index (χ4v) is 4.56. The van der Waals surface area contributed by atoms with Gasteiger partial charge in [0.1, 0.15) is 4.32 Å². The SMILES string of the molecule is CC(=O)c1ccc(NC(=O)CCCCCN2C(=O)C(=Cc3ccc(C)cc3)SC2=S)cc1. The standard InChI is InChI=1S/C25H26N2O3S2/c1-17-7-9-19(10-8-17)16-22-24(30)27(25(31)32-22)15-5-3-4-6-23(29)26-21-13-11-20(12-14-21)18(2)28/h7-14,16H,3-6,15H2,1-2H3,(H,26,29). The van der Waals surface area contributed by atoms with Gasteiger partial charge in [-0.2, -0.15) is 0 Å². The molecule has 32 heavy (non-hydrogen) atoms. The van der Waals surface area contributed by atoms with Crippen LogP contribution in [-0.4, -0.2) is 33.4 Å². The molecular weight excluding hydrogens is 440 g/mol. The molecule has 5 nitrogen and oxygen atoms in total. The second kappa shape index (κ2) is 11.2. The van der Waals surface area contributed by atoms with Gasteiger partial charge < -0.3 is 5.32 Å². The van der Waals surface area contributed by atoms with Crippen molar-refractivity contribution in [1.29, 1.82) is 0 Å². The molecule has 2 amide bonds. The predicted octanol–water partition coefficient (Wildman–Crippen LogP) is 5.60. The predicted molar refractivity (Wildman–Crippen MR) is 135 cm³/mol. The van der Waals surface area contributed by atoms with E-state index in [2.05, 4.69) is 5.32 Å². The Balaban J connectivity index is 1.40. The van der Waals surface area contributed by atoms with E-state index in [9.17, 15) is 14.4 Å². The molecule has 0 spiro atoms. The van der Waals surface area contributed by atoms with E-state index in [0.29, 0.717) is 33.4 Å². The first-order chi connectivity index (χ1) is 15.3. The molecule has 0 unspecified atom stereocenters. The van der Waals surface area contributed by atoms with Crippen LogP contribution in [0.15, 0.2) is 53.4 Å². The molecule has 1 fully saturated rings. The Bertz CT molecular complexity index is 1040. The number of aryl methyl sites for hydroxylation is 1. The highest BCUT2D eigenvalue weighted by atomic mass is 32.2. The second-order valence-corrected chi connectivity index (χ2v) is 9.41. The van der Waals surface area contributed by atoms with Crippen LogP contribution in [0.4, 0.5) is 5.69 Å². The Hall–Kier alpha value is -2.77. The third-order valence-electron chi connectivity index (χ3n) is 5.11. The number of hydrogen-bond acceptors (Lipinski definition) is 5. The van der Waals surface area contributed by atoms with Crippen LogP contribution in [0.3, 0.4) is 0 Å². The van der Waals surface area contributed by atoms with Crippen molar-refractivity contribution in [2.75, 3.05) is 11.9 Å². The van der Waals surface area contributed by atoms with Crippen LogP contribution in [0.2, 0.25) is 0 Å². The van der Waals surface area contributed by atoms with Crippen molar-refractivity contribution in [3.63, 3.8) is 0 Å². The van der Waals surface area contributed by atoms with Gasteiger partial charge in [0.25, 0.3) is 5.91 Å².